The lowest BCUT2D eigenvalue weighted by atomic mass is 10.1. The summed E-state index contributed by atoms with van der Waals surface area (Å²) in [6.45, 7) is 1.21. The third kappa shape index (κ3) is 4.09. The Morgan fingerprint density at radius 1 is 1.38 bits per heavy atom. The van der Waals surface area contributed by atoms with Gasteiger partial charge in [0, 0.05) is 35.5 Å². The molecule has 0 radical (unpaired) electrons. The summed E-state index contributed by atoms with van der Waals surface area (Å²) < 4.78 is 33.2. The molecule has 0 saturated carbocycles. The first-order valence-electron chi connectivity index (χ1n) is 6.43. The Kier molecular flexibility index (Phi) is 5.08. The van der Waals surface area contributed by atoms with Crippen molar-refractivity contribution in [3.05, 3.63) is 23.8 Å². The van der Waals surface area contributed by atoms with E-state index in [0.29, 0.717) is 13.2 Å². The van der Waals surface area contributed by atoms with Crippen LogP contribution in [0.1, 0.15) is 23.2 Å². The van der Waals surface area contributed by atoms with Gasteiger partial charge >= 0.3 is 0 Å². The maximum atomic E-state index is 12.2. The van der Waals surface area contributed by atoms with E-state index in [1.807, 2.05) is 0 Å². The van der Waals surface area contributed by atoms with Crippen LogP contribution in [0.2, 0.25) is 0 Å². The van der Waals surface area contributed by atoms with Crippen molar-refractivity contribution in [2.75, 3.05) is 20.3 Å². The lowest BCUT2D eigenvalue weighted by Crippen LogP contribution is -2.38. The molecule has 1 heterocycles. The Morgan fingerprint density at radius 3 is 2.62 bits per heavy atom. The summed E-state index contributed by atoms with van der Waals surface area (Å²) in [7, 11) is 2.70. The molecule has 0 spiro atoms. The number of halogens is 1. The van der Waals surface area contributed by atoms with Crippen LogP contribution < -0.4 is 10.1 Å². The topological polar surface area (TPSA) is 81.7 Å². The first-order valence-corrected chi connectivity index (χ1v) is 8.74. The summed E-state index contributed by atoms with van der Waals surface area (Å²) >= 11 is 0. The number of rotatable bonds is 4. The standard InChI is InChI=1S/C13H16ClNO5S/c1-19-11-3-2-9(8-12(11)21(14,17)18)13(16)15-10-4-6-20-7-5-10/h2-3,8,10H,4-7H2,1H3,(H,15,16). The molecule has 1 aliphatic heterocycles. The van der Waals surface area contributed by atoms with Gasteiger partial charge in [0.15, 0.2) is 0 Å². The molecule has 0 aromatic heterocycles. The fourth-order valence-electron chi connectivity index (χ4n) is 2.12. The Hall–Kier alpha value is -1.31. The molecular formula is C13H16ClNO5S. The zero-order valence-corrected chi connectivity index (χ0v) is 13.0. The van der Waals surface area contributed by atoms with Gasteiger partial charge in [-0.3, -0.25) is 4.79 Å². The molecule has 0 unspecified atom stereocenters. The number of hydrogen-bond acceptors (Lipinski definition) is 5. The van der Waals surface area contributed by atoms with Crippen molar-refractivity contribution in [1.82, 2.24) is 5.32 Å². The maximum Gasteiger partial charge on any atom is 0.265 e. The average molecular weight is 334 g/mol. The van der Waals surface area contributed by atoms with Gasteiger partial charge in [-0.2, -0.15) is 0 Å². The van der Waals surface area contributed by atoms with Crippen molar-refractivity contribution >= 4 is 25.6 Å². The molecule has 6 nitrogen and oxygen atoms in total. The van der Waals surface area contributed by atoms with Crippen LogP contribution in [0.25, 0.3) is 0 Å². The summed E-state index contributed by atoms with van der Waals surface area (Å²) in [4.78, 5) is 11.9. The number of carbonyl (C=O) groups is 1. The van der Waals surface area contributed by atoms with E-state index >= 15 is 0 Å². The molecule has 1 N–H and O–H groups in total. The predicted molar refractivity (Wildman–Crippen MR) is 77.3 cm³/mol. The van der Waals surface area contributed by atoms with Crippen molar-refractivity contribution in [2.24, 2.45) is 0 Å². The molecule has 2 rings (SSSR count). The van der Waals surface area contributed by atoms with Gasteiger partial charge in [-0.05, 0) is 31.0 Å². The minimum atomic E-state index is -3.99. The molecule has 8 heteroatoms. The molecule has 1 aromatic carbocycles. The van der Waals surface area contributed by atoms with Gasteiger partial charge in [0.05, 0.1) is 7.11 Å². The number of ether oxygens (including phenoxy) is 2. The zero-order chi connectivity index (χ0) is 15.5. The van der Waals surface area contributed by atoms with Gasteiger partial charge in [0.25, 0.3) is 15.0 Å². The smallest absolute Gasteiger partial charge is 0.265 e. The number of benzene rings is 1. The van der Waals surface area contributed by atoms with Crippen LogP contribution in [0.3, 0.4) is 0 Å². The van der Waals surface area contributed by atoms with Crippen molar-refractivity contribution in [1.29, 1.82) is 0 Å². The lowest BCUT2D eigenvalue weighted by Gasteiger charge is -2.23. The van der Waals surface area contributed by atoms with Gasteiger partial charge < -0.3 is 14.8 Å². The second-order valence-electron chi connectivity index (χ2n) is 4.66. The molecule has 1 aliphatic rings. The van der Waals surface area contributed by atoms with Crippen molar-refractivity contribution in [3.63, 3.8) is 0 Å². The minimum absolute atomic E-state index is 0.0319. The molecular weight excluding hydrogens is 318 g/mol. The fraction of sp³-hybridized carbons (Fsp3) is 0.462. The van der Waals surface area contributed by atoms with Crippen LogP contribution in [0.15, 0.2) is 23.1 Å². The normalized spacial score (nSPS) is 16.5. The maximum absolute atomic E-state index is 12.2. The summed E-state index contributed by atoms with van der Waals surface area (Å²) in [5, 5.41) is 2.85. The zero-order valence-electron chi connectivity index (χ0n) is 11.5. The van der Waals surface area contributed by atoms with Gasteiger partial charge in [-0.15, -0.1) is 0 Å². The highest BCUT2D eigenvalue weighted by Gasteiger charge is 2.21. The SMILES string of the molecule is COc1ccc(C(=O)NC2CCOCC2)cc1S(=O)(=O)Cl. The first-order chi connectivity index (χ1) is 9.91. The van der Waals surface area contributed by atoms with Crippen LogP contribution in [0.5, 0.6) is 5.75 Å². The molecule has 0 atom stereocenters. The van der Waals surface area contributed by atoms with Crippen molar-refractivity contribution in [3.8, 4) is 5.75 Å². The van der Waals surface area contributed by atoms with E-state index in [1.165, 1.54) is 25.3 Å². The molecule has 1 fully saturated rings. The van der Waals surface area contributed by atoms with Gasteiger partial charge in [-0.25, -0.2) is 8.42 Å². The van der Waals surface area contributed by atoms with Crippen LogP contribution in [-0.4, -0.2) is 40.7 Å². The van der Waals surface area contributed by atoms with Crippen LogP contribution in [-0.2, 0) is 13.8 Å². The van der Waals surface area contributed by atoms with Crippen molar-refractivity contribution in [2.45, 2.75) is 23.8 Å². The largest absolute Gasteiger partial charge is 0.495 e. The van der Waals surface area contributed by atoms with E-state index in [4.69, 9.17) is 20.2 Å². The van der Waals surface area contributed by atoms with Gasteiger partial charge in [0.1, 0.15) is 10.6 Å². The summed E-state index contributed by atoms with van der Waals surface area (Å²) in [6.07, 6.45) is 1.48. The number of hydrogen-bond donors (Lipinski definition) is 1. The second-order valence-corrected chi connectivity index (χ2v) is 7.20. The summed E-state index contributed by atoms with van der Waals surface area (Å²) in [6, 6.07) is 4.16. The summed E-state index contributed by atoms with van der Waals surface area (Å²) in [5.74, 6) is -0.237. The Bertz CT molecular complexity index is 625. The van der Waals surface area contributed by atoms with E-state index in [1.54, 1.807) is 0 Å². The second kappa shape index (κ2) is 6.64. The fourth-order valence-corrected chi connectivity index (χ4v) is 3.14. The van der Waals surface area contributed by atoms with Crippen molar-refractivity contribution < 1.29 is 22.7 Å². The summed E-state index contributed by atoms with van der Waals surface area (Å²) in [5.41, 5.74) is 0.224. The molecule has 1 aromatic rings. The van der Waals surface area contributed by atoms with E-state index < -0.39 is 9.05 Å². The number of methoxy groups -OCH3 is 1. The first kappa shape index (κ1) is 16.1. The Morgan fingerprint density at radius 2 is 2.05 bits per heavy atom. The highest BCUT2D eigenvalue weighted by Crippen LogP contribution is 2.27. The monoisotopic (exact) mass is 333 g/mol. The number of carbonyl (C=O) groups excluding carboxylic acids is 1. The van der Waals surface area contributed by atoms with Gasteiger partial charge in [-0.1, -0.05) is 0 Å². The van der Waals surface area contributed by atoms with E-state index in [-0.39, 0.29) is 28.2 Å². The van der Waals surface area contributed by atoms with Crippen LogP contribution in [0, 0.1) is 0 Å². The number of amides is 1. The predicted octanol–water partition coefficient (Wildman–Crippen LogP) is 1.53. The highest BCUT2D eigenvalue weighted by atomic mass is 35.7. The van der Waals surface area contributed by atoms with Gasteiger partial charge in [0.2, 0.25) is 0 Å². The minimum Gasteiger partial charge on any atom is -0.495 e. The van der Waals surface area contributed by atoms with Crippen LogP contribution in [0.4, 0.5) is 0 Å². The molecule has 0 bridgehead atoms. The molecule has 1 saturated heterocycles. The third-order valence-corrected chi connectivity index (χ3v) is 4.59. The highest BCUT2D eigenvalue weighted by molar-refractivity contribution is 8.13. The lowest BCUT2D eigenvalue weighted by molar-refractivity contribution is 0.0696. The molecule has 0 aliphatic carbocycles. The third-order valence-electron chi connectivity index (χ3n) is 3.25. The van der Waals surface area contributed by atoms with E-state index in [2.05, 4.69) is 5.32 Å². The number of nitrogens with one attached hydrogen (secondary N) is 1. The molecule has 1 amide bonds. The van der Waals surface area contributed by atoms with E-state index in [0.717, 1.165) is 12.8 Å². The Balaban J connectivity index is 2.21. The molecule has 116 valence electrons. The molecule has 21 heavy (non-hydrogen) atoms. The average Bonchev–Trinajstić information content (AvgIpc) is 2.46. The van der Waals surface area contributed by atoms with E-state index in [9.17, 15) is 13.2 Å². The quantitative estimate of drug-likeness (QED) is 0.845. The Labute approximate surface area is 127 Å². The van der Waals surface area contributed by atoms with Crippen LogP contribution >= 0.6 is 10.7 Å².